The summed E-state index contributed by atoms with van der Waals surface area (Å²) in [5.41, 5.74) is 4.00. The highest BCUT2D eigenvalue weighted by Gasteiger charge is 2.25. The maximum Gasteiger partial charge on any atom is 0.336 e. The van der Waals surface area contributed by atoms with Gasteiger partial charge in [0.15, 0.2) is 0 Å². The van der Waals surface area contributed by atoms with Crippen molar-refractivity contribution in [3.63, 3.8) is 0 Å². The standard InChI is InChI=1S/C25H34N4O3/c1-4-29(21-7-13-32-14-8-21)23-16-20(15-22(18(23)2)25(30)31)19-5-6-24(26-17-19)28-11-9-27(3)10-12-28/h5-6,15-17,21H,4,7-14H2,1-3H3,(H,30,31). The van der Waals surface area contributed by atoms with Crippen LogP contribution in [0.25, 0.3) is 11.1 Å². The number of anilines is 2. The topological polar surface area (TPSA) is 69.1 Å². The molecule has 7 heteroatoms. The number of nitrogens with zero attached hydrogens (tertiary/aromatic N) is 4. The SMILES string of the molecule is CCN(c1cc(-c2ccc(N3CCN(C)CC3)nc2)cc(C(=O)O)c1C)C1CCOCC1. The van der Waals surface area contributed by atoms with Gasteiger partial charge in [-0.3, -0.25) is 0 Å². The highest BCUT2D eigenvalue weighted by Crippen LogP contribution is 2.34. The number of rotatable bonds is 6. The molecule has 172 valence electrons. The van der Waals surface area contributed by atoms with Gasteiger partial charge < -0.3 is 24.5 Å². The molecule has 0 amide bonds. The quantitative estimate of drug-likeness (QED) is 0.740. The van der Waals surface area contributed by atoms with E-state index >= 15 is 0 Å². The normalized spacial score (nSPS) is 18.0. The number of ether oxygens (including phenoxy) is 1. The molecule has 0 spiro atoms. The maximum absolute atomic E-state index is 12.1. The van der Waals surface area contributed by atoms with Crippen LogP contribution in [0.2, 0.25) is 0 Å². The van der Waals surface area contributed by atoms with E-state index in [4.69, 9.17) is 9.72 Å². The van der Waals surface area contributed by atoms with Gasteiger partial charge in [-0.15, -0.1) is 0 Å². The number of carboxylic acids is 1. The van der Waals surface area contributed by atoms with Crippen molar-refractivity contribution in [3.8, 4) is 11.1 Å². The number of pyridine rings is 1. The minimum atomic E-state index is -0.893. The predicted molar refractivity (Wildman–Crippen MR) is 128 cm³/mol. The molecule has 2 aromatic rings. The monoisotopic (exact) mass is 438 g/mol. The first-order valence-corrected chi connectivity index (χ1v) is 11.6. The van der Waals surface area contributed by atoms with Gasteiger partial charge in [0.05, 0.1) is 5.56 Å². The third kappa shape index (κ3) is 4.74. The van der Waals surface area contributed by atoms with Crippen LogP contribution in [0.1, 0.15) is 35.7 Å². The Balaban J connectivity index is 1.67. The number of carboxylic acid groups (broad SMARTS) is 1. The van der Waals surface area contributed by atoms with Crippen LogP contribution in [0.15, 0.2) is 30.5 Å². The molecule has 1 aromatic heterocycles. The van der Waals surface area contributed by atoms with Crippen LogP contribution in [0.4, 0.5) is 11.5 Å². The summed E-state index contributed by atoms with van der Waals surface area (Å²) in [5.74, 6) is 0.0840. The van der Waals surface area contributed by atoms with Crippen LogP contribution < -0.4 is 9.80 Å². The number of likely N-dealkylation sites (N-methyl/N-ethyl adjacent to an activating group) is 1. The smallest absolute Gasteiger partial charge is 0.336 e. The van der Waals surface area contributed by atoms with Crippen LogP contribution in [0.3, 0.4) is 0 Å². The number of aromatic carboxylic acids is 1. The van der Waals surface area contributed by atoms with Gasteiger partial charge in [0.1, 0.15) is 5.82 Å². The van der Waals surface area contributed by atoms with Crippen molar-refractivity contribution < 1.29 is 14.6 Å². The third-order valence-corrected chi connectivity index (χ3v) is 6.80. The van der Waals surface area contributed by atoms with Gasteiger partial charge in [-0.25, -0.2) is 9.78 Å². The zero-order valence-corrected chi connectivity index (χ0v) is 19.4. The summed E-state index contributed by atoms with van der Waals surface area (Å²) in [6, 6.07) is 8.39. The van der Waals surface area contributed by atoms with Crippen molar-refractivity contribution in [3.05, 3.63) is 41.6 Å². The minimum absolute atomic E-state index is 0.353. The lowest BCUT2D eigenvalue weighted by Crippen LogP contribution is -2.44. The van der Waals surface area contributed by atoms with E-state index < -0.39 is 5.97 Å². The van der Waals surface area contributed by atoms with Gasteiger partial charge in [-0.2, -0.15) is 0 Å². The molecule has 4 rings (SSSR count). The molecule has 0 atom stereocenters. The van der Waals surface area contributed by atoms with Gasteiger partial charge in [0.2, 0.25) is 0 Å². The Morgan fingerprint density at radius 2 is 1.88 bits per heavy atom. The van der Waals surface area contributed by atoms with E-state index in [1.54, 1.807) is 6.07 Å². The van der Waals surface area contributed by atoms with Crippen LogP contribution in [0, 0.1) is 6.92 Å². The zero-order valence-electron chi connectivity index (χ0n) is 19.4. The first-order chi connectivity index (χ1) is 15.5. The van der Waals surface area contributed by atoms with Crippen LogP contribution in [-0.4, -0.2) is 80.0 Å². The van der Waals surface area contributed by atoms with Crippen LogP contribution in [-0.2, 0) is 4.74 Å². The Hall–Kier alpha value is -2.64. The van der Waals surface area contributed by atoms with Gasteiger partial charge >= 0.3 is 5.97 Å². The van der Waals surface area contributed by atoms with E-state index in [1.165, 1.54) is 0 Å². The highest BCUT2D eigenvalue weighted by atomic mass is 16.5. The lowest BCUT2D eigenvalue weighted by molar-refractivity contribution is 0.0695. The van der Waals surface area contributed by atoms with Gasteiger partial charge in [-0.1, -0.05) is 0 Å². The lowest BCUT2D eigenvalue weighted by Gasteiger charge is -2.36. The molecule has 2 aliphatic heterocycles. The second-order valence-corrected chi connectivity index (χ2v) is 8.80. The van der Waals surface area contributed by atoms with E-state index in [-0.39, 0.29) is 0 Å². The van der Waals surface area contributed by atoms with E-state index in [1.807, 2.05) is 13.1 Å². The van der Waals surface area contributed by atoms with Crippen molar-refractivity contribution >= 4 is 17.5 Å². The Morgan fingerprint density at radius 1 is 1.16 bits per heavy atom. The number of piperazine rings is 1. The van der Waals surface area contributed by atoms with E-state index in [0.717, 1.165) is 87.0 Å². The fraction of sp³-hybridized carbons (Fsp3) is 0.520. The van der Waals surface area contributed by atoms with Gasteiger partial charge in [0, 0.05) is 69.4 Å². The summed E-state index contributed by atoms with van der Waals surface area (Å²) < 4.78 is 5.55. The summed E-state index contributed by atoms with van der Waals surface area (Å²) >= 11 is 0. The number of hydrogen-bond acceptors (Lipinski definition) is 6. The molecule has 2 aliphatic rings. The summed E-state index contributed by atoms with van der Waals surface area (Å²) in [6.07, 6.45) is 3.79. The molecule has 3 heterocycles. The molecule has 0 aliphatic carbocycles. The largest absolute Gasteiger partial charge is 0.478 e. The molecule has 2 fully saturated rings. The molecule has 0 radical (unpaired) electrons. The molecule has 32 heavy (non-hydrogen) atoms. The molecule has 1 N–H and O–H groups in total. The molecular formula is C25H34N4O3. The van der Waals surface area contributed by atoms with Crippen LogP contribution >= 0.6 is 0 Å². The van der Waals surface area contributed by atoms with Crippen molar-refractivity contribution in [1.82, 2.24) is 9.88 Å². The Bertz CT molecular complexity index is 933. The van der Waals surface area contributed by atoms with E-state index in [9.17, 15) is 9.90 Å². The van der Waals surface area contributed by atoms with Gasteiger partial charge in [-0.05, 0) is 69.1 Å². The Labute approximate surface area is 190 Å². The van der Waals surface area contributed by atoms with Crippen LogP contribution in [0.5, 0.6) is 0 Å². The molecule has 0 saturated carbocycles. The average molecular weight is 439 g/mol. The summed E-state index contributed by atoms with van der Waals surface area (Å²) in [5, 5.41) is 9.90. The maximum atomic E-state index is 12.1. The fourth-order valence-corrected chi connectivity index (χ4v) is 4.79. The Kier molecular flexibility index (Phi) is 6.96. The fourth-order valence-electron chi connectivity index (χ4n) is 4.79. The molecular weight excluding hydrogens is 404 g/mol. The number of hydrogen-bond donors (Lipinski definition) is 1. The molecule has 0 bridgehead atoms. The minimum Gasteiger partial charge on any atom is -0.478 e. The van der Waals surface area contributed by atoms with Crippen molar-refractivity contribution in [2.75, 3.05) is 62.8 Å². The molecule has 2 saturated heterocycles. The zero-order chi connectivity index (χ0) is 22.7. The third-order valence-electron chi connectivity index (χ3n) is 6.80. The lowest BCUT2D eigenvalue weighted by atomic mass is 9.96. The van der Waals surface area contributed by atoms with Crippen molar-refractivity contribution in [2.45, 2.75) is 32.7 Å². The van der Waals surface area contributed by atoms with E-state index in [0.29, 0.717) is 11.6 Å². The van der Waals surface area contributed by atoms with E-state index in [2.05, 4.69) is 46.9 Å². The predicted octanol–water partition coefficient (Wildman–Crippen LogP) is 3.51. The highest BCUT2D eigenvalue weighted by molar-refractivity contribution is 5.94. The van der Waals surface area contributed by atoms with Gasteiger partial charge in [0.25, 0.3) is 0 Å². The second kappa shape index (κ2) is 9.88. The first-order valence-electron chi connectivity index (χ1n) is 11.6. The van der Waals surface area contributed by atoms with Crippen molar-refractivity contribution in [2.24, 2.45) is 0 Å². The second-order valence-electron chi connectivity index (χ2n) is 8.80. The summed E-state index contributed by atoms with van der Waals surface area (Å²) in [7, 11) is 2.14. The number of carbonyl (C=O) groups is 1. The average Bonchev–Trinajstić information content (AvgIpc) is 2.82. The Morgan fingerprint density at radius 3 is 2.47 bits per heavy atom. The first kappa shape index (κ1) is 22.6. The number of benzene rings is 1. The molecule has 1 aromatic carbocycles. The molecule has 7 nitrogen and oxygen atoms in total. The molecule has 0 unspecified atom stereocenters. The van der Waals surface area contributed by atoms with Crippen molar-refractivity contribution in [1.29, 1.82) is 0 Å². The summed E-state index contributed by atoms with van der Waals surface area (Å²) in [4.78, 5) is 23.8. The summed E-state index contributed by atoms with van der Waals surface area (Å²) in [6.45, 7) is 10.4. The number of aromatic nitrogens is 1.